The lowest BCUT2D eigenvalue weighted by atomic mass is 10.1. The normalized spacial score (nSPS) is 21.8. The van der Waals surface area contributed by atoms with E-state index in [-0.39, 0.29) is 18.6 Å². The van der Waals surface area contributed by atoms with Crippen LogP contribution in [-0.4, -0.2) is 30.7 Å². The number of carbonyl (C=O) groups excluding carboxylic acids is 1. The molecule has 0 unspecified atom stereocenters. The Morgan fingerprint density at radius 1 is 1.47 bits per heavy atom. The minimum atomic E-state index is -0.200. The maximum absolute atomic E-state index is 11.2. The second kappa shape index (κ2) is 5.02. The first-order chi connectivity index (χ1) is 9.13. The summed E-state index contributed by atoms with van der Waals surface area (Å²) in [5.41, 5.74) is 6.48. The second-order valence-electron chi connectivity index (χ2n) is 4.93. The summed E-state index contributed by atoms with van der Waals surface area (Å²) in [5.74, 6) is 1.32. The van der Waals surface area contributed by atoms with Crippen molar-refractivity contribution in [3.8, 4) is 11.5 Å². The number of hydrogen-bond donors (Lipinski definition) is 1. The van der Waals surface area contributed by atoms with Crippen molar-refractivity contribution < 1.29 is 14.3 Å². The summed E-state index contributed by atoms with van der Waals surface area (Å²) in [6, 6.07) is 4.02. The van der Waals surface area contributed by atoms with Crippen LogP contribution < -0.4 is 15.2 Å². The highest BCUT2D eigenvalue weighted by Crippen LogP contribution is 2.40. The van der Waals surface area contributed by atoms with Crippen molar-refractivity contribution in [2.45, 2.75) is 13.0 Å². The van der Waals surface area contributed by atoms with Gasteiger partial charge >= 0.3 is 0 Å². The molecule has 1 saturated heterocycles. The van der Waals surface area contributed by atoms with Gasteiger partial charge in [0.25, 0.3) is 0 Å². The molecule has 3 rings (SSSR count). The van der Waals surface area contributed by atoms with Crippen LogP contribution in [0, 0.1) is 5.92 Å². The topological polar surface area (TPSA) is 64.8 Å². The Labute approximate surface area is 119 Å². The van der Waals surface area contributed by atoms with E-state index < -0.39 is 0 Å². The van der Waals surface area contributed by atoms with Crippen molar-refractivity contribution in [1.29, 1.82) is 0 Å². The number of ether oxygens (including phenoxy) is 2. The summed E-state index contributed by atoms with van der Waals surface area (Å²) in [6.07, 6.45) is 0.848. The molecule has 2 N–H and O–H groups in total. The number of primary amides is 1. The van der Waals surface area contributed by atoms with Crippen molar-refractivity contribution in [2.75, 3.05) is 19.9 Å². The van der Waals surface area contributed by atoms with Gasteiger partial charge in [0, 0.05) is 13.1 Å². The van der Waals surface area contributed by atoms with E-state index in [4.69, 9.17) is 15.2 Å². The van der Waals surface area contributed by atoms with Crippen molar-refractivity contribution in [3.05, 3.63) is 22.2 Å². The van der Waals surface area contributed by atoms with Crippen LogP contribution >= 0.6 is 15.9 Å². The molecule has 1 amide bonds. The number of nitrogens with two attached hydrogens (primary N) is 1. The van der Waals surface area contributed by atoms with Gasteiger partial charge < -0.3 is 15.2 Å². The average Bonchev–Trinajstić information content (AvgIpc) is 2.97. The number of hydrogen-bond acceptors (Lipinski definition) is 4. The first-order valence-corrected chi connectivity index (χ1v) is 7.02. The molecule has 0 spiro atoms. The van der Waals surface area contributed by atoms with Gasteiger partial charge in [0.1, 0.15) is 0 Å². The fourth-order valence-corrected chi connectivity index (χ4v) is 3.18. The van der Waals surface area contributed by atoms with Crippen molar-refractivity contribution in [2.24, 2.45) is 11.7 Å². The Bertz CT molecular complexity index is 521. The van der Waals surface area contributed by atoms with Crippen LogP contribution in [0.1, 0.15) is 12.0 Å². The number of likely N-dealkylation sites (tertiary alicyclic amines) is 1. The van der Waals surface area contributed by atoms with Crippen LogP contribution in [0.15, 0.2) is 16.6 Å². The molecule has 0 radical (unpaired) electrons. The monoisotopic (exact) mass is 326 g/mol. The SMILES string of the molecule is NC(=O)[C@@H]1CCN(Cc2cc(Br)c3c(c2)OCO3)C1. The molecule has 6 heteroatoms. The van der Waals surface area contributed by atoms with Crippen LogP contribution in [0.3, 0.4) is 0 Å². The van der Waals surface area contributed by atoms with E-state index >= 15 is 0 Å². The first-order valence-electron chi connectivity index (χ1n) is 6.23. The van der Waals surface area contributed by atoms with Crippen molar-refractivity contribution >= 4 is 21.8 Å². The predicted octanol–water partition coefficient (Wildman–Crippen LogP) is 1.48. The largest absolute Gasteiger partial charge is 0.454 e. The van der Waals surface area contributed by atoms with Gasteiger partial charge in [-0.2, -0.15) is 0 Å². The molecule has 1 aromatic carbocycles. The van der Waals surface area contributed by atoms with Crippen LogP contribution in [0.5, 0.6) is 11.5 Å². The molecular formula is C13H15BrN2O3. The number of fused-ring (bicyclic) bond motifs is 1. The predicted molar refractivity (Wildman–Crippen MR) is 72.8 cm³/mol. The maximum Gasteiger partial charge on any atom is 0.231 e. The quantitative estimate of drug-likeness (QED) is 0.913. The van der Waals surface area contributed by atoms with E-state index in [1.54, 1.807) is 0 Å². The molecule has 102 valence electrons. The molecule has 2 aliphatic rings. The van der Waals surface area contributed by atoms with Crippen LogP contribution in [0.4, 0.5) is 0 Å². The molecule has 19 heavy (non-hydrogen) atoms. The molecule has 2 heterocycles. The molecule has 0 saturated carbocycles. The highest BCUT2D eigenvalue weighted by Gasteiger charge is 2.27. The summed E-state index contributed by atoms with van der Waals surface area (Å²) < 4.78 is 11.7. The molecule has 1 fully saturated rings. The standard InChI is InChI=1S/C13H15BrN2O3/c14-10-3-8(4-11-12(10)19-7-18-11)5-16-2-1-9(6-16)13(15)17/h3-4,9H,1-2,5-7H2,(H2,15,17)/t9-/m1/s1. The number of halogens is 1. The van der Waals surface area contributed by atoms with Crippen molar-refractivity contribution in [3.63, 3.8) is 0 Å². The third-order valence-electron chi connectivity index (χ3n) is 3.57. The minimum absolute atomic E-state index is 0.0162. The van der Waals surface area contributed by atoms with Gasteiger partial charge in [-0.3, -0.25) is 9.69 Å². The Balaban J connectivity index is 1.71. The Kier molecular flexibility index (Phi) is 3.36. The van der Waals surface area contributed by atoms with E-state index in [0.29, 0.717) is 0 Å². The van der Waals surface area contributed by atoms with Crippen LogP contribution in [0.25, 0.3) is 0 Å². The zero-order chi connectivity index (χ0) is 13.4. The molecule has 0 bridgehead atoms. The third kappa shape index (κ3) is 2.55. The molecule has 2 aliphatic heterocycles. The molecule has 0 aliphatic carbocycles. The molecule has 1 atom stereocenters. The first kappa shape index (κ1) is 12.7. The van der Waals surface area contributed by atoms with Gasteiger partial charge in [-0.15, -0.1) is 0 Å². The van der Waals surface area contributed by atoms with E-state index in [0.717, 1.165) is 47.6 Å². The fourth-order valence-electron chi connectivity index (χ4n) is 2.58. The zero-order valence-electron chi connectivity index (χ0n) is 10.4. The number of rotatable bonds is 3. The highest BCUT2D eigenvalue weighted by molar-refractivity contribution is 9.10. The lowest BCUT2D eigenvalue weighted by molar-refractivity contribution is -0.121. The summed E-state index contributed by atoms with van der Waals surface area (Å²) in [6.45, 7) is 2.70. The van der Waals surface area contributed by atoms with E-state index in [1.807, 2.05) is 12.1 Å². The van der Waals surface area contributed by atoms with Gasteiger partial charge in [-0.25, -0.2) is 0 Å². The Morgan fingerprint density at radius 3 is 3.05 bits per heavy atom. The van der Waals surface area contributed by atoms with Gasteiger partial charge in [-0.1, -0.05) is 0 Å². The number of benzene rings is 1. The second-order valence-corrected chi connectivity index (χ2v) is 5.79. The van der Waals surface area contributed by atoms with Gasteiger partial charge in [0.2, 0.25) is 12.7 Å². The number of carbonyl (C=O) groups is 1. The van der Waals surface area contributed by atoms with E-state index in [2.05, 4.69) is 20.8 Å². The van der Waals surface area contributed by atoms with Gasteiger partial charge in [-0.05, 0) is 46.6 Å². The highest BCUT2D eigenvalue weighted by atomic mass is 79.9. The lowest BCUT2D eigenvalue weighted by Crippen LogP contribution is -2.27. The zero-order valence-corrected chi connectivity index (χ0v) is 12.0. The Hall–Kier alpha value is -1.27. The lowest BCUT2D eigenvalue weighted by Gasteiger charge is -2.16. The molecule has 1 aromatic rings. The van der Waals surface area contributed by atoms with Crippen LogP contribution in [0.2, 0.25) is 0 Å². The number of nitrogens with zero attached hydrogens (tertiary/aromatic N) is 1. The minimum Gasteiger partial charge on any atom is -0.454 e. The molecular weight excluding hydrogens is 312 g/mol. The third-order valence-corrected chi connectivity index (χ3v) is 4.16. The summed E-state index contributed by atoms with van der Waals surface area (Å²) in [7, 11) is 0. The van der Waals surface area contributed by atoms with Crippen molar-refractivity contribution in [1.82, 2.24) is 4.90 Å². The summed E-state index contributed by atoms with van der Waals surface area (Å²) >= 11 is 3.48. The number of amides is 1. The van der Waals surface area contributed by atoms with Gasteiger partial charge in [0.05, 0.1) is 10.4 Å². The smallest absolute Gasteiger partial charge is 0.231 e. The van der Waals surface area contributed by atoms with Gasteiger partial charge in [0.15, 0.2) is 11.5 Å². The van der Waals surface area contributed by atoms with E-state index in [1.165, 1.54) is 0 Å². The molecule has 5 nitrogen and oxygen atoms in total. The summed E-state index contributed by atoms with van der Waals surface area (Å²) in [4.78, 5) is 13.4. The van der Waals surface area contributed by atoms with Crippen LogP contribution in [-0.2, 0) is 11.3 Å². The molecule has 0 aromatic heterocycles. The average molecular weight is 327 g/mol. The van der Waals surface area contributed by atoms with E-state index in [9.17, 15) is 4.79 Å². The maximum atomic E-state index is 11.2. The Morgan fingerprint density at radius 2 is 2.32 bits per heavy atom. The summed E-state index contributed by atoms with van der Waals surface area (Å²) in [5, 5.41) is 0. The fraction of sp³-hybridized carbons (Fsp3) is 0.462.